The fourth-order valence-corrected chi connectivity index (χ4v) is 3.98. The number of hydrogen-bond acceptors (Lipinski definition) is 7. The summed E-state index contributed by atoms with van der Waals surface area (Å²) in [6.45, 7) is 3.30. The van der Waals surface area contributed by atoms with Gasteiger partial charge in [0.1, 0.15) is 18.9 Å². The van der Waals surface area contributed by atoms with E-state index in [-0.39, 0.29) is 5.91 Å². The summed E-state index contributed by atoms with van der Waals surface area (Å²) in [6.07, 6.45) is 0. The Morgan fingerprint density at radius 3 is 2.67 bits per heavy atom. The lowest BCUT2D eigenvalue weighted by Crippen LogP contribution is -2.23. The van der Waals surface area contributed by atoms with E-state index in [1.807, 2.05) is 67.6 Å². The summed E-state index contributed by atoms with van der Waals surface area (Å²) in [4.78, 5) is 21.8. The topological polar surface area (TPSA) is 94.6 Å². The molecule has 1 amide bonds. The highest BCUT2D eigenvalue weighted by molar-refractivity contribution is 5.95. The number of rotatable bonds is 7. The van der Waals surface area contributed by atoms with Crippen LogP contribution in [0.2, 0.25) is 0 Å². The maximum absolute atomic E-state index is 12.7. The molecule has 2 N–H and O–H groups in total. The van der Waals surface area contributed by atoms with Crippen LogP contribution in [0.4, 0.5) is 11.4 Å². The molecule has 0 bridgehead atoms. The second-order valence-corrected chi connectivity index (χ2v) is 8.24. The summed E-state index contributed by atoms with van der Waals surface area (Å²) in [5.41, 5.74) is 5.20. The van der Waals surface area contributed by atoms with Gasteiger partial charge in [-0.05, 0) is 61.5 Å². The van der Waals surface area contributed by atoms with Crippen LogP contribution in [0, 0.1) is 6.92 Å². The standard InChI is InChI=1S/C28H26N4O4/c1-18-6-3-9-21(30-18)17-29-27(33)19-7-4-8-20(16-19)31-24-13-12-23(32-28(24)34-2)22-10-5-11-25-26(22)36-15-14-35-25/h3-13,16,31H,14-15,17H2,1-2H3,(H,29,33). The molecule has 3 heterocycles. The Hall–Kier alpha value is -4.59. The fourth-order valence-electron chi connectivity index (χ4n) is 3.98. The van der Waals surface area contributed by atoms with Gasteiger partial charge in [0.2, 0.25) is 5.88 Å². The van der Waals surface area contributed by atoms with Gasteiger partial charge in [0.25, 0.3) is 5.91 Å². The molecule has 0 saturated heterocycles. The van der Waals surface area contributed by atoms with Crippen LogP contribution in [-0.4, -0.2) is 36.2 Å². The van der Waals surface area contributed by atoms with E-state index in [9.17, 15) is 4.79 Å². The molecular weight excluding hydrogens is 456 g/mol. The number of ether oxygens (including phenoxy) is 3. The molecule has 2 aromatic heterocycles. The maximum Gasteiger partial charge on any atom is 0.251 e. The van der Waals surface area contributed by atoms with Crippen molar-refractivity contribution in [3.05, 3.63) is 89.7 Å². The van der Waals surface area contributed by atoms with Crippen molar-refractivity contribution in [2.24, 2.45) is 0 Å². The molecule has 182 valence electrons. The number of methoxy groups -OCH3 is 1. The summed E-state index contributed by atoms with van der Waals surface area (Å²) in [5.74, 6) is 1.62. The van der Waals surface area contributed by atoms with Crippen LogP contribution < -0.4 is 24.8 Å². The van der Waals surface area contributed by atoms with Gasteiger partial charge in [0.05, 0.1) is 25.0 Å². The molecule has 36 heavy (non-hydrogen) atoms. The summed E-state index contributed by atoms with van der Waals surface area (Å²) >= 11 is 0. The average molecular weight is 483 g/mol. The van der Waals surface area contributed by atoms with E-state index >= 15 is 0 Å². The van der Waals surface area contributed by atoms with Gasteiger partial charge >= 0.3 is 0 Å². The molecule has 8 heteroatoms. The van der Waals surface area contributed by atoms with Crippen LogP contribution in [-0.2, 0) is 6.54 Å². The Morgan fingerprint density at radius 1 is 0.972 bits per heavy atom. The van der Waals surface area contributed by atoms with Gasteiger partial charge in [-0.1, -0.05) is 18.2 Å². The van der Waals surface area contributed by atoms with Crippen molar-refractivity contribution in [1.82, 2.24) is 15.3 Å². The largest absolute Gasteiger partial charge is 0.486 e. The van der Waals surface area contributed by atoms with Crippen molar-refractivity contribution in [1.29, 1.82) is 0 Å². The number of aromatic nitrogens is 2. The molecule has 0 aliphatic carbocycles. The van der Waals surface area contributed by atoms with E-state index in [1.54, 1.807) is 19.2 Å². The fraction of sp³-hybridized carbons (Fsp3) is 0.179. The normalized spacial score (nSPS) is 12.1. The zero-order chi connectivity index (χ0) is 24.9. The Balaban J connectivity index is 1.33. The minimum Gasteiger partial charge on any atom is -0.486 e. The van der Waals surface area contributed by atoms with Crippen LogP contribution in [0.15, 0.2) is 72.8 Å². The summed E-state index contributed by atoms with van der Waals surface area (Å²) < 4.78 is 17.1. The van der Waals surface area contributed by atoms with Crippen molar-refractivity contribution in [2.45, 2.75) is 13.5 Å². The number of aryl methyl sites for hydroxylation is 1. The van der Waals surface area contributed by atoms with Gasteiger partial charge < -0.3 is 24.8 Å². The second-order valence-electron chi connectivity index (χ2n) is 8.24. The lowest BCUT2D eigenvalue weighted by atomic mass is 10.1. The molecule has 8 nitrogen and oxygen atoms in total. The number of nitrogens with zero attached hydrogens (tertiary/aromatic N) is 2. The molecule has 1 aliphatic rings. The average Bonchev–Trinajstić information content (AvgIpc) is 2.92. The van der Waals surface area contributed by atoms with Crippen molar-refractivity contribution in [3.8, 4) is 28.6 Å². The third-order valence-corrected chi connectivity index (χ3v) is 5.68. The zero-order valence-electron chi connectivity index (χ0n) is 20.1. The van der Waals surface area contributed by atoms with Crippen LogP contribution in [0.1, 0.15) is 21.7 Å². The highest BCUT2D eigenvalue weighted by Crippen LogP contribution is 2.40. The predicted octanol–water partition coefficient (Wildman–Crippen LogP) is 4.91. The van der Waals surface area contributed by atoms with Gasteiger partial charge in [-0.2, -0.15) is 0 Å². The van der Waals surface area contributed by atoms with Crippen molar-refractivity contribution in [2.75, 3.05) is 25.6 Å². The van der Waals surface area contributed by atoms with E-state index in [0.717, 1.165) is 22.6 Å². The monoisotopic (exact) mass is 482 g/mol. The first-order valence-corrected chi connectivity index (χ1v) is 11.6. The number of fused-ring (bicyclic) bond motifs is 1. The van der Waals surface area contributed by atoms with Crippen LogP contribution in [0.25, 0.3) is 11.3 Å². The molecule has 1 aliphatic heterocycles. The highest BCUT2D eigenvalue weighted by Gasteiger charge is 2.19. The van der Waals surface area contributed by atoms with E-state index in [0.29, 0.717) is 54.1 Å². The molecule has 5 rings (SSSR count). The molecule has 0 unspecified atom stereocenters. The van der Waals surface area contributed by atoms with Gasteiger partial charge in [0.15, 0.2) is 11.5 Å². The Morgan fingerprint density at radius 2 is 1.81 bits per heavy atom. The number of amides is 1. The number of anilines is 2. The first-order valence-electron chi connectivity index (χ1n) is 11.6. The van der Waals surface area contributed by atoms with E-state index in [1.165, 1.54) is 0 Å². The number of benzene rings is 2. The van der Waals surface area contributed by atoms with Crippen molar-refractivity contribution in [3.63, 3.8) is 0 Å². The number of carbonyl (C=O) groups is 1. The summed E-state index contributed by atoms with van der Waals surface area (Å²) in [6, 6.07) is 22.5. The highest BCUT2D eigenvalue weighted by atomic mass is 16.6. The summed E-state index contributed by atoms with van der Waals surface area (Å²) in [5, 5.41) is 6.22. The molecule has 0 saturated carbocycles. The number of pyridine rings is 2. The molecule has 0 spiro atoms. The van der Waals surface area contributed by atoms with Crippen LogP contribution in [0.3, 0.4) is 0 Å². The number of carbonyl (C=O) groups excluding carboxylic acids is 1. The molecule has 0 atom stereocenters. The minimum atomic E-state index is -0.182. The van der Waals surface area contributed by atoms with Crippen LogP contribution >= 0.6 is 0 Å². The molecule has 4 aromatic rings. The van der Waals surface area contributed by atoms with E-state index in [2.05, 4.69) is 20.6 Å². The maximum atomic E-state index is 12.7. The molecular formula is C28H26N4O4. The second kappa shape index (κ2) is 10.4. The zero-order valence-corrected chi connectivity index (χ0v) is 20.1. The molecule has 0 fully saturated rings. The molecule has 0 radical (unpaired) electrons. The first kappa shape index (κ1) is 23.2. The lowest BCUT2D eigenvalue weighted by molar-refractivity contribution is 0.0950. The number of hydrogen-bond donors (Lipinski definition) is 2. The van der Waals surface area contributed by atoms with E-state index < -0.39 is 0 Å². The van der Waals surface area contributed by atoms with Gasteiger partial charge in [0, 0.05) is 22.5 Å². The van der Waals surface area contributed by atoms with E-state index in [4.69, 9.17) is 14.2 Å². The third-order valence-electron chi connectivity index (χ3n) is 5.68. The smallest absolute Gasteiger partial charge is 0.251 e. The number of para-hydroxylation sites is 1. The third kappa shape index (κ3) is 5.07. The van der Waals surface area contributed by atoms with Gasteiger partial charge in [-0.25, -0.2) is 4.98 Å². The Bertz CT molecular complexity index is 1410. The van der Waals surface area contributed by atoms with Gasteiger partial charge in [-0.15, -0.1) is 0 Å². The first-order chi connectivity index (χ1) is 17.6. The summed E-state index contributed by atoms with van der Waals surface area (Å²) in [7, 11) is 1.57. The quantitative estimate of drug-likeness (QED) is 0.387. The van der Waals surface area contributed by atoms with Crippen molar-refractivity contribution < 1.29 is 19.0 Å². The SMILES string of the molecule is COc1nc(-c2cccc3c2OCCO3)ccc1Nc1cccc(C(=O)NCc2cccc(C)n2)c1. The van der Waals surface area contributed by atoms with Gasteiger partial charge in [-0.3, -0.25) is 9.78 Å². The minimum absolute atomic E-state index is 0.182. The Labute approximate surface area is 209 Å². The van der Waals surface area contributed by atoms with Crippen LogP contribution in [0.5, 0.6) is 17.4 Å². The Kier molecular flexibility index (Phi) is 6.66. The predicted molar refractivity (Wildman–Crippen MR) is 137 cm³/mol. The number of nitrogens with one attached hydrogen (secondary N) is 2. The lowest BCUT2D eigenvalue weighted by Gasteiger charge is -2.21. The molecule has 2 aromatic carbocycles. The van der Waals surface area contributed by atoms with Crippen molar-refractivity contribution >= 4 is 17.3 Å².